The lowest BCUT2D eigenvalue weighted by molar-refractivity contribution is 0.592. The van der Waals surface area contributed by atoms with Crippen LogP contribution >= 0.6 is 23.1 Å². The number of nitrogens with two attached hydrogens (primary N) is 1. The molecule has 0 amide bonds. The Morgan fingerprint density at radius 2 is 2.26 bits per heavy atom. The highest BCUT2D eigenvalue weighted by Gasteiger charge is 2.21. The molecule has 2 aromatic rings. The minimum absolute atomic E-state index is 0.0102. The smallest absolute Gasteiger partial charge is 0.327 e. The maximum atomic E-state index is 11.3. The van der Waals surface area contributed by atoms with E-state index in [-0.39, 0.29) is 11.3 Å². The lowest BCUT2D eigenvalue weighted by atomic mass is 10.2. The van der Waals surface area contributed by atoms with Crippen LogP contribution in [-0.2, 0) is 7.05 Å². The Morgan fingerprint density at radius 3 is 2.84 bits per heavy atom. The Labute approximate surface area is 117 Å². The Hall–Kier alpha value is -1.38. The molecule has 2 atom stereocenters. The number of aromatic nitrogens is 3. The summed E-state index contributed by atoms with van der Waals surface area (Å²) in [6, 6.07) is 3.84. The monoisotopic (exact) mass is 298 g/mol. The van der Waals surface area contributed by atoms with Crippen molar-refractivity contribution in [2.24, 2.45) is 12.8 Å². The van der Waals surface area contributed by atoms with Crippen LogP contribution in [0.1, 0.15) is 17.1 Å². The van der Waals surface area contributed by atoms with Crippen LogP contribution in [0, 0.1) is 0 Å². The summed E-state index contributed by atoms with van der Waals surface area (Å²) in [4.78, 5) is 27.4. The molecule has 0 radical (unpaired) electrons. The highest BCUT2D eigenvalue weighted by Crippen LogP contribution is 2.37. The summed E-state index contributed by atoms with van der Waals surface area (Å²) in [5.41, 5.74) is 4.49. The third-order valence-electron chi connectivity index (χ3n) is 2.48. The molecule has 2 aromatic heterocycles. The van der Waals surface area contributed by atoms with Crippen molar-refractivity contribution in [3.05, 3.63) is 43.1 Å². The van der Waals surface area contributed by atoms with Gasteiger partial charge in [-0.05, 0) is 18.4 Å². The first-order valence-corrected chi connectivity index (χ1v) is 7.38. The molecule has 0 aliphatic carbocycles. The molecule has 102 valence electrons. The van der Waals surface area contributed by atoms with Crippen LogP contribution < -0.4 is 16.9 Å². The summed E-state index contributed by atoms with van der Waals surface area (Å²) in [6.45, 7) is 1.90. The van der Waals surface area contributed by atoms with Gasteiger partial charge < -0.3 is 5.73 Å². The van der Waals surface area contributed by atoms with Crippen molar-refractivity contribution >= 4 is 23.1 Å². The fraction of sp³-hybridized carbons (Fsp3) is 0.364. The maximum absolute atomic E-state index is 11.3. The van der Waals surface area contributed by atoms with E-state index >= 15 is 0 Å². The van der Waals surface area contributed by atoms with Crippen LogP contribution in [0.2, 0.25) is 0 Å². The van der Waals surface area contributed by atoms with Gasteiger partial charge in [-0.2, -0.15) is 4.98 Å². The second kappa shape index (κ2) is 5.72. The van der Waals surface area contributed by atoms with Gasteiger partial charge in [0.1, 0.15) is 0 Å². The molecular weight excluding hydrogens is 284 g/mol. The first kappa shape index (κ1) is 14.0. The lowest BCUT2D eigenvalue weighted by Crippen LogP contribution is -2.34. The molecule has 2 heterocycles. The van der Waals surface area contributed by atoms with Gasteiger partial charge >= 0.3 is 11.1 Å². The van der Waals surface area contributed by atoms with Gasteiger partial charge in [0, 0.05) is 18.0 Å². The van der Waals surface area contributed by atoms with Gasteiger partial charge in [-0.15, -0.1) is 11.3 Å². The van der Waals surface area contributed by atoms with Gasteiger partial charge in [-0.1, -0.05) is 17.8 Å². The second-order valence-electron chi connectivity index (χ2n) is 4.11. The summed E-state index contributed by atoms with van der Waals surface area (Å²) in [5, 5.41) is 4.84. The molecular formula is C11H14N4O2S2. The fourth-order valence-electron chi connectivity index (χ4n) is 1.56. The summed E-state index contributed by atoms with van der Waals surface area (Å²) in [5.74, 6) is 0. The molecule has 19 heavy (non-hydrogen) atoms. The minimum Gasteiger partial charge on any atom is -0.327 e. The molecule has 0 aliphatic heterocycles. The van der Waals surface area contributed by atoms with Gasteiger partial charge in [0.25, 0.3) is 0 Å². The molecule has 6 nitrogen and oxygen atoms in total. The third-order valence-corrected chi connectivity index (χ3v) is 5.10. The van der Waals surface area contributed by atoms with Crippen molar-refractivity contribution in [2.75, 3.05) is 0 Å². The number of nitrogens with one attached hydrogen (secondary N) is 1. The third kappa shape index (κ3) is 3.14. The van der Waals surface area contributed by atoms with Crippen molar-refractivity contribution in [3.8, 4) is 0 Å². The second-order valence-corrected chi connectivity index (χ2v) is 6.20. The van der Waals surface area contributed by atoms with Crippen LogP contribution in [0.4, 0.5) is 0 Å². The predicted octanol–water partition coefficient (Wildman–Crippen LogP) is 0.711. The minimum atomic E-state index is -0.782. The molecule has 2 unspecified atom stereocenters. The lowest BCUT2D eigenvalue weighted by Gasteiger charge is -2.19. The number of rotatable bonds is 4. The summed E-state index contributed by atoms with van der Waals surface area (Å²) >= 11 is 2.98. The van der Waals surface area contributed by atoms with E-state index in [1.165, 1.54) is 16.4 Å². The SMILES string of the molecule is CC(N)C(Sc1nc(=O)c(=O)[nH]n1C)c1cccs1. The number of aryl methyl sites for hydroxylation is 1. The quantitative estimate of drug-likeness (QED) is 0.640. The molecule has 0 aromatic carbocycles. The average Bonchev–Trinajstić information content (AvgIpc) is 2.85. The highest BCUT2D eigenvalue weighted by atomic mass is 32.2. The number of hydrogen-bond acceptors (Lipinski definition) is 6. The molecule has 0 saturated heterocycles. The zero-order valence-electron chi connectivity index (χ0n) is 10.5. The first-order chi connectivity index (χ1) is 8.99. The van der Waals surface area contributed by atoms with E-state index in [0.717, 1.165) is 4.88 Å². The van der Waals surface area contributed by atoms with Crippen LogP contribution in [0.15, 0.2) is 32.3 Å². The molecule has 0 aliphatic rings. The normalized spacial score (nSPS) is 14.3. The van der Waals surface area contributed by atoms with Crippen LogP contribution in [0.3, 0.4) is 0 Å². The molecule has 0 fully saturated rings. The van der Waals surface area contributed by atoms with Crippen molar-refractivity contribution in [2.45, 2.75) is 23.4 Å². The summed E-state index contributed by atoms with van der Waals surface area (Å²) in [6.07, 6.45) is 0. The average molecular weight is 298 g/mol. The van der Waals surface area contributed by atoms with Crippen LogP contribution in [0.25, 0.3) is 0 Å². The van der Waals surface area contributed by atoms with E-state index < -0.39 is 11.1 Å². The molecule has 2 rings (SSSR count). The van der Waals surface area contributed by atoms with Gasteiger partial charge in [-0.3, -0.25) is 19.4 Å². The molecule has 0 saturated carbocycles. The van der Waals surface area contributed by atoms with Crippen molar-refractivity contribution in [3.63, 3.8) is 0 Å². The van der Waals surface area contributed by atoms with Crippen molar-refractivity contribution in [1.82, 2.24) is 14.8 Å². The summed E-state index contributed by atoms with van der Waals surface area (Å²) < 4.78 is 1.44. The number of hydrogen-bond donors (Lipinski definition) is 2. The van der Waals surface area contributed by atoms with Crippen molar-refractivity contribution < 1.29 is 0 Å². The largest absolute Gasteiger partial charge is 0.339 e. The molecule has 0 bridgehead atoms. The Balaban J connectivity index is 2.35. The van der Waals surface area contributed by atoms with Crippen LogP contribution in [-0.4, -0.2) is 20.8 Å². The van der Waals surface area contributed by atoms with E-state index in [0.29, 0.717) is 5.16 Å². The maximum Gasteiger partial charge on any atom is 0.339 e. The Bertz CT molecular complexity index is 660. The number of nitrogens with zero attached hydrogens (tertiary/aromatic N) is 2. The first-order valence-electron chi connectivity index (χ1n) is 5.62. The zero-order valence-corrected chi connectivity index (χ0v) is 12.1. The number of thioether (sulfide) groups is 1. The number of thiophene rings is 1. The molecule has 3 N–H and O–H groups in total. The Kier molecular flexibility index (Phi) is 4.23. The number of H-pyrrole nitrogens is 1. The van der Waals surface area contributed by atoms with E-state index in [2.05, 4.69) is 10.1 Å². The van der Waals surface area contributed by atoms with E-state index in [1.54, 1.807) is 18.4 Å². The predicted molar refractivity (Wildman–Crippen MR) is 76.7 cm³/mol. The molecule has 0 spiro atoms. The van der Waals surface area contributed by atoms with Crippen molar-refractivity contribution in [1.29, 1.82) is 0 Å². The van der Waals surface area contributed by atoms with Gasteiger partial charge in [0.05, 0.1) is 5.25 Å². The fourth-order valence-corrected chi connectivity index (χ4v) is 3.66. The van der Waals surface area contributed by atoms with E-state index in [4.69, 9.17) is 5.73 Å². The topological polar surface area (TPSA) is 93.8 Å². The Morgan fingerprint density at radius 1 is 1.53 bits per heavy atom. The standard InChI is InChI=1S/C11H14N4O2S2/c1-6(12)8(7-4-3-5-18-7)19-11-13-9(16)10(17)14-15(11)2/h3-6,8H,12H2,1-2H3,(H,14,17). The van der Waals surface area contributed by atoms with Gasteiger partial charge in [0.2, 0.25) is 0 Å². The highest BCUT2D eigenvalue weighted by molar-refractivity contribution is 7.99. The van der Waals surface area contributed by atoms with Gasteiger partial charge in [-0.25, -0.2) is 0 Å². The van der Waals surface area contributed by atoms with Crippen LogP contribution in [0.5, 0.6) is 0 Å². The van der Waals surface area contributed by atoms with E-state index in [9.17, 15) is 9.59 Å². The zero-order chi connectivity index (χ0) is 14.0. The number of aromatic amines is 1. The van der Waals surface area contributed by atoms with E-state index in [1.807, 2.05) is 24.4 Å². The molecule has 8 heteroatoms. The van der Waals surface area contributed by atoms with Gasteiger partial charge in [0.15, 0.2) is 5.16 Å². The summed E-state index contributed by atoms with van der Waals surface area (Å²) in [7, 11) is 1.64.